The Labute approximate surface area is 112 Å². The molecule has 1 heterocycles. The van der Waals surface area contributed by atoms with Gasteiger partial charge in [-0.05, 0) is 36.8 Å². The molecule has 0 bridgehead atoms. The first-order valence-corrected chi connectivity index (χ1v) is 7.32. The van der Waals surface area contributed by atoms with Gasteiger partial charge < -0.3 is 16.4 Å². The molecular weight excluding hydrogens is 246 g/mol. The van der Waals surface area contributed by atoms with Gasteiger partial charge >= 0.3 is 0 Å². The van der Waals surface area contributed by atoms with E-state index in [9.17, 15) is 4.79 Å². The van der Waals surface area contributed by atoms with Gasteiger partial charge in [0.25, 0.3) is 5.91 Å². The molecule has 0 saturated carbocycles. The lowest BCUT2D eigenvalue weighted by Gasteiger charge is -2.24. The maximum absolute atomic E-state index is 11.5. The van der Waals surface area contributed by atoms with Crippen LogP contribution >= 0.6 is 11.8 Å². The molecule has 98 valence electrons. The van der Waals surface area contributed by atoms with Crippen LogP contribution in [0, 0.1) is 0 Å². The number of nitrogens with two attached hydrogens (primary N) is 1. The fourth-order valence-corrected chi connectivity index (χ4v) is 3.13. The molecule has 1 saturated heterocycles. The van der Waals surface area contributed by atoms with Crippen LogP contribution in [0.15, 0.2) is 18.2 Å². The van der Waals surface area contributed by atoms with Crippen LogP contribution in [0.5, 0.6) is 0 Å². The highest BCUT2D eigenvalue weighted by Gasteiger charge is 2.15. The minimum atomic E-state index is -0.110. The third-order valence-electron chi connectivity index (χ3n) is 3.06. The van der Waals surface area contributed by atoms with E-state index in [4.69, 9.17) is 5.73 Å². The van der Waals surface area contributed by atoms with Crippen LogP contribution in [-0.4, -0.2) is 30.5 Å². The predicted molar refractivity (Wildman–Crippen MR) is 78.2 cm³/mol. The average Bonchev–Trinajstić information content (AvgIpc) is 2.41. The van der Waals surface area contributed by atoms with Gasteiger partial charge in [0, 0.05) is 24.4 Å². The second-order valence-electron chi connectivity index (χ2n) is 4.44. The highest BCUT2D eigenvalue weighted by molar-refractivity contribution is 7.99. The number of carbonyl (C=O) groups excluding carboxylic acids is 1. The molecule has 4 N–H and O–H groups in total. The normalized spacial score (nSPS) is 19.3. The van der Waals surface area contributed by atoms with E-state index in [0.717, 1.165) is 11.4 Å². The monoisotopic (exact) mass is 265 g/mol. The summed E-state index contributed by atoms with van der Waals surface area (Å²) < 4.78 is 0. The van der Waals surface area contributed by atoms with E-state index in [2.05, 4.69) is 10.6 Å². The third-order valence-corrected chi connectivity index (χ3v) is 4.28. The highest BCUT2D eigenvalue weighted by atomic mass is 32.2. The summed E-state index contributed by atoms with van der Waals surface area (Å²) in [6.07, 6.45) is 2.43. The van der Waals surface area contributed by atoms with Crippen LogP contribution in [-0.2, 0) is 0 Å². The van der Waals surface area contributed by atoms with E-state index < -0.39 is 0 Å². The summed E-state index contributed by atoms with van der Waals surface area (Å²) in [7, 11) is 1.62. The molecule has 0 aliphatic carbocycles. The minimum absolute atomic E-state index is 0.110. The largest absolute Gasteiger partial charge is 0.397 e. The number of rotatable bonds is 3. The third kappa shape index (κ3) is 3.10. The van der Waals surface area contributed by atoms with Crippen LogP contribution in [0.3, 0.4) is 0 Å². The molecule has 2 rings (SSSR count). The Hall–Kier alpha value is -1.36. The Bertz CT molecular complexity index is 430. The molecule has 4 nitrogen and oxygen atoms in total. The summed E-state index contributed by atoms with van der Waals surface area (Å²) in [5.41, 5.74) is 8.13. The number of thioether (sulfide) groups is 1. The Morgan fingerprint density at radius 1 is 1.50 bits per heavy atom. The van der Waals surface area contributed by atoms with Gasteiger partial charge in [-0.15, -0.1) is 0 Å². The first kappa shape index (κ1) is 13.1. The van der Waals surface area contributed by atoms with E-state index in [1.165, 1.54) is 18.6 Å². The number of nitrogens with one attached hydrogen (secondary N) is 2. The quantitative estimate of drug-likeness (QED) is 0.731. The Balaban J connectivity index is 2.07. The van der Waals surface area contributed by atoms with Crippen molar-refractivity contribution in [3.05, 3.63) is 23.8 Å². The van der Waals surface area contributed by atoms with Crippen LogP contribution in [0.2, 0.25) is 0 Å². The lowest BCUT2D eigenvalue weighted by atomic mass is 10.1. The first-order valence-electron chi connectivity index (χ1n) is 6.16. The van der Waals surface area contributed by atoms with Crippen LogP contribution in [0.25, 0.3) is 0 Å². The van der Waals surface area contributed by atoms with Crippen molar-refractivity contribution in [1.82, 2.24) is 5.32 Å². The Kier molecular flexibility index (Phi) is 4.36. The van der Waals surface area contributed by atoms with Gasteiger partial charge in [0.2, 0.25) is 0 Å². The molecule has 1 aliphatic heterocycles. The van der Waals surface area contributed by atoms with Gasteiger partial charge in [-0.2, -0.15) is 11.8 Å². The molecule has 1 fully saturated rings. The molecule has 1 unspecified atom stereocenters. The van der Waals surface area contributed by atoms with Gasteiger partial charge in [-0.1, -0.05) is 0 Å². The topological polar surface area (TPSA) is 67.2 Å². The Morgan fingerprint density at radius 2 is 2.33 bits per heavy atom. The average molecular weight is 265 g/mol. The molecule has 5 heteroatoms. The maximum atomic E-state index is 11.5. The van der Waals surface area contributed by atoms with Gasteiger partial charge in [0.05, 0.1) is 11.4 Å². The van der Waals surface area contributed by atoms with Gasteiger partial charge in [-0.3, -0.25) is 4.79 Å². The predicted octanol–water partition coefficient (Wildman–Crippen LogP) is 1.94. The van der Waals surface area contributed by atoms with Gasteiger partial charge in [0.1, 0.15) is 0 Å². The van der Waals surface area contributed by atoms with E-state index in [-0.39, 0.29) is 5.91 Å². The Morgan fingerprint density at radius 3 is 2.94 bits per heavy atom. The molecule has 1 aromatic carbocycles. The second-order valence-corrected chi connectivity index (χ2v) is 5.59. The number of hydrogen-bond donors (Lipinski definition) is 3. The van der Waals surface area contributed by atoms with Crippen molar-refractivity contribution < 1.29 is 4.79 Å². The van der Waals surface area contributed by atoms with Crippen LogP contribution in [0.1, 0.15) is 23.2 Å². The molecule has 0 radical (unpaired) electrons. The maximum Gasteiger partial charge on any atom is 0.251 e. The summed E-state index contributed by atoms with van der Waals surface area (Å²) in [5, 5.41) is 6.05. The standard InChI is InChI=1S/C13H19N3OS/c1-15-13(17)9-4-5-12(11(14)7-9)16-10-3-2-6-18-8-10/h4-5,7,10,16H,2-3,6,8,14H2,1H3,(H,15,17). The second kappa shape index (κ2) is 6.00. The zero-order valence-electron chi connectivity index (χ0n) is 10.5. The van der Waals surface area contributed by atoms with Crippen molar-refractivity contribution >= 4 is 29.0 Å². The fourth-order valence-electron chi connectivity index (χ4n) is 2.05. The first-order chi connectivity index (χ1) is 8.70. The van der Waals surface area contributed by atoms with E-state index >= 15 is 0 Å². The summed E-state index contributed by atoms with van der Waals surface area (Å²) in [5.74, 6) is 2.27. The number of anilines is 2. The lowest BCUT2D eigenvalue weighted by molar-refractivity contribution is 0.0963. The lowest BCUT2D eigenvalue weighted by Crippen LogP contribution is -2.26. The molecule has 1 amide bonds. The molecule has 0 spiro atoms. The number of carbonyl (C=O) groups is 1. The fraction of sp³-hybridized carbons (Fsp3) is 0.462. The minimum Gasteiger partial charge on any atom is -0.397 e. The zero-order valence-corrected chi connectivity index (χ0v) is 11.3. The number of benzene rings is 1. The molecule has 1 aliphatic rings. The smallest absolute Gasteiger partial charge is 0.251 e. The van der Waals surface area contributed by atoms with E-state index in [0.29, 0.717) is 17.3 Å². The number of amides is 1. The van der Waals surface area contributed by atoms with Crippen molar-refractivity contribution in [1.29, 1.82) is 0 Å². The van der Waals surface area contributed by atoms with Crippen molar-refractivity contribution in [2.24, 2.45) is 0 Å². The molecular formula is C13H19N3OS. The van der Waals surface area contributed by atoms with Crippen molar-refractivity contribution in [3.63, 3.8) is 0 Å². The summed E-state index contributed by atoms with van der Waals surface area (Å²) in [6, 6.07) is 5.89. The van der Waals surface area contributed by atoms with Gasteiger partial charge in [0.15, 0.2) is 0 Å². The van der Waals surface area contributed by atoms with Crippen LogP contribution < -0.4 is 16.4 Å². The highest BCUT2D eigenvalue weighted by Crippen LogP contribution is 2.25. The zero-order chi connectivity index (χ0) is 13.0. The molecule has 0 aromatic heterocycles. The van der Waals surface area contributed by atoms with Crippen molar-refractivity contribution in [2.45, 2.75) is 18.9 Å². The van der Waals surface area contributed by atoms with Crippen LogP contribution in [0.4, 0.5) is 11.4 Å². The summed E-state index contributed by atoms with van der Waals surface area (Å²) >= 11 is 1.97. The molecule has 1 atom stereocenters. The van der Waals surface area contributed by atoms with E-state index in [1.807, 2.05) is 17.8 Å². The van der Waals surface area contributed by atoms with Crippen molar-refractivity contribution in [2.75, 3.05) is 29.6 Å². The SMILES string of the molecule is CNC(=O)c1ccc(NC2CCCSC2)c(N)c1. The summed E-state index contributed by atoms with van der Waals surface area (Å²) in [6.45, 7) is 0. The van der Waals surface area contributed by atoms with Gasteiger partial charge in [-0.25, -0.2) is 0 Å². The van der Waals surface area contributed by atoms with E-state index in [1.54, 1.807) is 19.2 Å². The number of hydrogen-bond acceptors (Lipinski definition) is 4. The molecule has 1 aromatic rings. The molecule has 18 heavy (non-hydrogen) atoms. The summed E-state index contributed by atoms with van der Waals surface area (Å²) in [4.78, 5) is 11.5. The number of nitrogen functional groups attached to an aromatic ring is 1. The van der Waals surface area contributed by atoms with Crippen molar-refractivity contribution in [3.8, 4) is 0 Å².